The molecule has 3 heterocycles. The number of amides is 1. The molecule has 12 heteroatoms. The van der Waals surface area contributed by atoms with E-state index in [-0.39, 0.29) is 47.3 Å². The second-order valence-corrected chi connectivity index (χ2v) is 12.0. The molecule has 2 unspecified atom stereocenters. The van der Waals surface area contributed by atoms with Gasteiger partial charge >= 0.3 is 0 Å². The van der Waals surface area contributed by atoms with E-state index >= 15 is 0 Å². The van der Waals surface area contributed by atoms with Crippen LogP contribution in [0.2, 0.25) is 0 Å². The van der Waals surface area contributed by atoms with Gasteiger partial charge in [0.2, 0.25) is 5.89 Å². The Bertz CT molecular complexity index is 2210. The van der Waals surface area contributed by atoms with E-state index in [0.29, 0.717) is 34.1 Å². The van der Waals surface area contributed by atoms with Crippen molar-refractivity contribution < 1.29 is 23.1 Å². The standard InChI is InChI=1S/C37H30ClFN6O4/c1-21-7-4-5-8-27(21)28-9-6-11-37(34(28)38,45-35(47)31-15-25(20-48-3)26(19-46)18-43-31)36-44-30-14-23(13-24(16-40)33(30)49-36)17-42-29-10-12-41-22(2)32(29)39/h4-15,18-19,34H,17,20H2,1-3H3,(H,41,42)(H,45,47). The van der Waals surface area contributed by atoms with Crippen molar-refractivity contribution in [3.05, 3.63) is 136 Å². The lowest BCUT2D eigenvalue weighted by molar-refractivity contribution is 0.0900. The maximum Gasteiger partial charge on any atom is 0.271 e. The maximum absolute atomic E-state index is 14.6. The van der Waals surface area contributed by atoms with Gasteiger partial charge < -0.3 is 19.8 Å². The zero-order valence-corrected chi connectivity index (χ0v) is 27.5. The van der Waals surface area contributed by atoms with Gasteiger partial charge in [0, 0.05) is 31.6 Å². The minimum atomic E-state index is -1.56. The van der Waals surface area contributed by atoms with Crippen LogP contribution in [0.5, 0.6) is 0 Å². The first-order valence-electron chi connectivity index (χ1n) is 15.2. The molecule has 0 fully saturated rings. The third-order valence-electron chi connectivity index (χ3n) is 8.34. The molecular weight excluding hydrogens is 647 g/mol. The van der Waals surface area contributed by atoms with Crippen LogP contribution in [0, 0.1) is 31.0 Å². The number of aryl methyl sites for hydroxylation is 2. The van der Waals surface area contributed by atoms with Crippen LogP contribution >= 0.6 is 11.6 Å². The summed E-state index contributed by atoms with van der Waals surface area (Å²) < 4.78 is 26.1. The van der Waals surface area contributed by atoms with Crippen molar-refractivity contribution in [2.75, 3.05) is 12.4 Å². The lowest BCUT2D eigenvalue weighted by Gasteiger charge is -2.36. The van der Waals surface area contributed by atoms with Gasteiger partial charge in [-0.3, -0.25) is 19.6 Å². The maximum atomic E-state index is 14.6. The monoisotopic (exact) mass is 676 g/mol. The predicted octanol–water partition coefficient (Wildman–Crippen LogP) is 6.70. The molecule has 10 nitrogen and oxygen atoms in total. The number of carbonyl (C=O) groups is 2. The highest BCUT2D eigenvalue weighted by Crippen LogP contribution is 2.43. The van der Waals surface area contributed by atoms with E-state index in [0.717, 1.165) is 11.1 Å². The Kier molecular flexibility index (Phi) is 9.35. The van der Waals surface area contributed by atoms with Crippen LogP contribution in [0.1, 0.15) is 60.2 Å². The van der Waals surface area contributed by atoms with Gasteiger partial charge in [-0.2, -0.15) is 5.26 Å². The average molecular weight is 677 g/mol. The number of anilines is 1. The summed E-state index contributed by atoms with van der Waals surface area (Å²) in [4.78, 5) is 38.5. The number of allylic oxidation sites excluding steroid dienone is 2. The van der Waals surface area contributed by atoms with E-state index in [1.54, 1.807) is 31.2 Å². The molecule has 2 aromatic carbocycles. The van der Waals surface area contributed by atoms with Gasteiger partial charge in [-0.25, -0.2) is 9.37 Å². The molecule has 6 rings (SSSR count). The molecule has 49 heavy (non-hydrogen) atoms. The third kappa shape index (κ3) is 6.32. The Morgan fingerprint density at radius 2 is 2.02 bits per heavy atom. The van der Waals surface area contributed by atoms with Crippen molar-refractivity contribution in [3.63, 3.8) is 0 Å². The smallest absolute Gasteiger partial charge is 0.271 e. The van der Waals surface area contributed by atoms with Crippen molar-refractivity contribution in [1.82, 2.24) is 20.3 Å². The van der Waals surface area contributed by atoms with E-state index in [2.05, 4.69) is 26.7 Å². The van der Waals surface area contributed by atoms with E-state index in [4.69, 9.17) is 25.7 Å². The Morgan fingerprint density at radius 1 is 1.20 bits per heavy atom. The summed E-state index contributed by atoms with van der Waals surface area (Å²) in [6.07, 6.45) is 8.78. The van der Waals surface area contributed by atoms with Crippen LogP contribution in [0.25, 0.3) is 16.7 Å². The molecule has 246 valence electrons. The van der Waals surface area contributed by atoms with Gasteiger partial charge in [-0.1, -0.05) is 36.4 Å². The van der Waals surface area contributed by atoms with Crippen molar-refractivity contribution >= 4 is 46.2 Å². The van der Waals surface area contributed by atoms with Gasteiger partial charge in [0.15, 0.2) is 23.2 Å². The second-order valence-electron chi connectivity index (χ2n) is 11.5. The van der Waals surface area contributed by atoms with Gasteiger partial charge in [-0.05, 0) is 72.0 Å². The first-order chi connectivity index (χ1) is 23.7. The largest absolute Gasteiger partial charge is 0.436 e. The number of aldehydes is 1. The third-order valence-corrected chi connectivity index (χ3v) is 8.92. The highest BCUT2D eigenvalue weighted by molar-refractivity contribution is 6.28. The lowest BCUT2D eigenvalue weighted by atomic mass is 9.81. The number of ether oxygens (including phenoxy) is 1. The quantitative estimate of drug-likeness (QED) is 0.122. The van der Waals surface area contributed by atoms with E-state index < -0.39 is 22.6 Å². The van der Waals surface area contributed by atoms with Gasteiger partial charge in [0.1, 0.15) is 17.3 Å². The van der Waals surface area contributed by atoms with E-state index in [1.807, 2.05) is 37.3 Å². The fourth-order valence-electron chi connectivity index (χ4n) is 5.78. The number of methoxy groups -OCH3 is 1. The normalized spacial score (nSPS) is 17.0. The van der Waals surface area contributed by atoms with Crippen molar-refractivity contribution in [2.45, 2.75) is 37.9 Å². The summed E-state index contributed by atoms with van der Waals surface area (Å²) in [6, 6.07) is 16.2. The SMILES string of the molecule is COCc1cc(C(=O)NC2(c3nc4cc(CNc5ccnc(C)c5F)cc(C#N)c4o3)C=CC=C(c3ccccc3C)C2Cl)ncc1C=O. The molecule has 1 amide bonds. The molecule has 0 spiro atoms. The number of benzene rings is 2. The summed E-state index contributed by atoms with van der Waals surface area (Å²) in [5.41, 5.74) is 3.66. The number of halogens is 2. The molecule has 0 bridgehead atoms. The highest BCUT2D eigenvalue weighted by Gasteiger charge is 2.47. The number of carbonyl (C=O) groups excluding carboxylic acids is 2. The molecule has 1 aliphatic carbocycles. The zero-order chi connectivity index (χ0) is 34.7. The van der Waals surface area contributed by atoms with Crippen LogP contribution in [0.4, 0.5) is 10.1 Å². The molecular formula is C37H30ClFN6O4. The summed E-state index contributed by atoms with van der Waals surface area (Å²) in [5, 5.41) is 15.2. The Hall–Kier alpha value is -5.70. The minimum Gasteiger partial charge on any atom is -0.436 e. The van der Waals surface area contributed by atoms with Crippen molar-refractivity contribution in [2.24, 2.45) is 0 Å². The molecule has 5 aromatic rings. The lowest BCUT2D eigenvalue weighted by Crippen LogP contribution is -2.52. The number of fused-ring (bicyclic) bond motifs is 1. The number of hydrogen-bond donors (Lipinski definition) is 2. The van der Waals surface area contributed by atoms with Crippen molar-refractivity contribution in [1.29, 1.82) is 5.26 Å². The number of nitrogens with one attached hydrogen (secondary N) is 2. The first-order valence-corrected chi connectivity index (χ1v) is 15.7. The highest BCUT2D eigenvalue weighted by atomic mass is 35.5. The first kappa shape index (κ1) is 33.2. The molecule has 2 atom stereocenters. The summed E-state index contributed by atoms with van der Waals surface area (Å²) in [6.45, 7) is 3.80. The topological polar surface area (TPSA) is 143 Å². The fraction of sp³-hybridized carbons (Fsp3) is 0.189. The molecule has 3 aromatic heterocycles. The Labute approximate surface area is 286 Å². The van der Waals surface area contributed by atoms with Crippen LogP contribution in [-0.4, -0.2) is 39.6 Å². The summed E-state index contributed by atoms with van der Waals surface area (Å²) in [5.74, 6) is -1.05. The number of oxazole rings is 1. The predicted molar refractivity (Wildman–Crippen MR) is 182 cm³/mol. The number of nitrogens with zero attached hydrogens (tertiary/aromatic N) is 4. The molecule has 0 saturated heterocycles. The number of alkyl halides is 1. The van der Waals surface area contributed by atoms with Gasteiger partial charge in [0.25, 0.3) is 5.91 Å². The molecule has 0 radical (unpaired) electrons. The number of pyridine rings is 2. The fourth-order valence-corrected chi connectivity index (χ4v) is 6.20. The number of hydrogen-bond acceptors (Lipinski definition) is 9. The van der Waals surface area contributed by atoms with Crippen LogP contribution in [0.3, 0.4) is 0 Å². The zero-order valence-electron chi connectivity index (χ0n) is 26.8. The van der Waals surface area contributed by atoms with Crippen LogP contribution in [0.15, 0.2) is 83.6 Å². The van der Waals surface area contributed by atoms with Crippen LogP contribution < -0.4 is 10.6 Å². The molecule has 0 saturated carbocycles. The number of aromatic nitrogens is 3. The summed E-state index contributed by atoms with van der Waals surface area (Å²) >= 11 is 7.35. The second kappa shape index (κ2) is 13.8. The summed E-state index contributed by atoms with van der Waals surface area (Å²) in [7, 11) is 1.48. The van der Waals surface area contributed by atoms with E-state index in [9.17, 15) is 19.2 Å². The molecule has 2 N–H and O–H groups in total. The van der Waals surface area contributed by atoms with Crippen molar-refractivity contribution in [3.8, 4) is 6.07 Å². The molecule has 1 aliphatic rings. The van der Waals surface area contributed by atoms with Crippen LogP contribution in [-0.2, 0) is 23.4 Å². The number of rotatable bonds is 10. The Balaban J connectivity index is 1.44. The van der Waals surface area contributed by atoms with Gasteiger partial charge in [-0.15, -0.1) is 11.6 Å². The molecule has 0 aliphatic heterocycles. The average Bonchev–Trinajstić information content (AvgIpc) is 3.55. The Morgan fingerprint density at radius 3 is 2.78 bits per heavy atom. The van der Waals surface area contributed by atoms with E-state index in [1.165, 1.54) is 31.6 Å². The van der Waals surface area contributed by atoms with Gasteiger partial charge in [0.05, 0.1) is 28.9 Å². The minimum absolute atomic E-state index is 0.0158. The number of nitriles is 1.